The van der Waals surface area contributed by atoms with Crippen molar-refractivity contribution in [1.29, 1.82) is 0 Å². The fourth-order valence-electron chi connectivity index (χ4n) is 5.44. The average molecular weight is 1030 g/mol. The molecular formula is C54H104Cl4N6O3. The normalized spacial score (nSPS) is 14.8. The molecule has 0 saturated carbocycles. The van der Waals surface area contributed by atoms with Crippen molar-refractivity contribution in [1.82, 2.24) is 4.90 Å². The average Bonchev–Trinajstić information content (AvgIpc) is 4.04. The van der Waals surface area contributed by atoms with Gasteiger partial charge < -0.3 is 45.0 Å². The van der Waals surface area contributed by atoms with Gasteiger partial charge in [0.1, 0.15) is 39.3 Å². The van der Waals surface area contributed by atoms with Crippen LogP contribution < -0.4 is 24.8 Å². The van der Waals surface area contributed by atoms with Gasteiger partial charge in [0.05, 0.1) is 39.5 Å². The quantitative estimate of drug-likeness (QED) is 0.178. The number of hydrogen-bond donors (Lipinski definition) is 3. The van der Waals surface area contributed by atoms with Crippen LogP contribution in [0.3, 0.4) is 0 Å². The number of aliphatic imine (C=N–C) groups is 3. The first-order valence-corrected chi connectivity index (χ1v) is 20.9. The Labute approximate surface area is 465 Å². The molecule has 3 aliphatic heterocycles. The Kier molecular flexibility index (Phi) is 39.4. The second-order valence-electron chi connectivity index (χ2n) is 12.3. The molecule has 0 bridgehead atoms. The summed E-state index contributed by atoms with van der Waals surface area (Å²) in [5.74, 6) is 86.8. The minimum absolute atomic E-state index is 0. The number of rotatable bonds is 10. The highest BCUT2D eigenvalue weighted by Gasteiger charge is 2.43. The van der Waals surface area contributed by atoms with Crippen LogP contribution in [-0.2, 0) is 0 Å². The first-order chi connectivity index (χ1) is 31.9. The minimum Gasteiger partial charge on any atom is -1.00 e. The van der Waals surface area contributed by atoms with Crippen LogP contribution in [0.4, 0.5) is 0 Å². The molecule has 0 aliphatic carbocycles. The maximum absolute atomic E-state index is 9.75. The summed E-state index contributed by atoms with van der Waals surface area (Å²) >= 11 is 10.1. The fraction of sp³-hybridized carbons (Fsp3) is 0.352. The molecule has 0 spiro atoms. The van der Waals surface area contributed by atoms with Crippen LogP contribution in [0.2, 0.25) is 0 Å². The molecule has 3 rings (SSSR count). The summed E-state index contributed by atoms with van der Waals surface area (Å²) in [4.78, 5) is 15.3. The molecule has 0 aromatic carbocycles. The van der Waals surface area contributed by atoms with E-state index in [1.807, 2.05) is 11.8 Å². The molecule has 67 heavy (non-hydrogen) atoms. The number of β-amino-alcohol motifs (C(OH)–C–C–N with tert-alkyl or cyclic N) is 1. The third kappa shape index (κ3) is 28.3. The molecule has 13 heteroatoms. The predicted octanol–water partition coefficient (Wildman–Crippen LogP) is 2.09. The first kappa shape index (κ1) is 61.8. The van der Waals surface area contributed by atoms with Crippen LogP contribution >= 0.6 is 23.2 Å². The van der Waals surface area contributed by atoms with Gasteiger partial charge in [0.15, 0.2) is 11.7 Å². The molecule has 9 nitrogen and oxygen atoms in total. The summed E-state index contributed by atoms with van der Waals surface area (Å²) in [5, 5.41) is 28.3. The van der Waals surface area contributed by atoms with E-state index in [1.54, 1.807) is 13.8 Å². The Hall–Kier alpha value is -7.27. The molecule has 0 saturated heterocycles. The van der Waals surface area contributed by atoms with Crippen LogP contribution in [0.1, 0.15) is 63.6 Å². The van der Waals surface area contributed by atoms with Crippen molar-refractivity contribution < 1.29 is 91.9 Å². The Morgan fingerprint density at radius 1 is 0.478 bits per heavy atom. The van der Waals surface area contributed by atoms with E-state index >= 15 is 0 Å². The van der Waals surface area contributed by atoms with Crippen LogP contribution in [0.25, 0.3) is 0 Å². The zero-order valence-corrected chi connectivity index (χ0v) is 40.4. The molecule has 3 heterocycles. The molecule has 0 radical (unpaired) electrons. The number of alkyl halides is 2. The smallest absolute Gasteiger partial charge is 0.277 e. The summed E-state index contributed by atoms with van der Waals surface area (Å²) < 4.78 is 1.19. The fourth-order valence-corrected chi connectivity index (χ4v) is 5.44. The molecule has 3 aliphatic rings. The lowest BCUT2D eigenvalue weighted by atomic mass is 10.2. The third-order valence-corrected chi connectivity index (χ3v) is 8.97. The number of aliphatic hydroxyl groups excluding tert-OH is 3. The highest BCUT2D eigenvalue weighted by atomic mass is 35.5. The summed E-state index contributed by atoms with van der Waals surface area (Å²) in [5.41, 5.74) is 0. The van der Waals surface area contributed by atoms with Gasteiger partial charge in [-0.2, -0.15) is 0 Å². The second kappa shape index (κ2) is 42.7. The maximum atomic E-state index is 9.75. The lowest BCUT2D eigenvalue weighted by molar-refractivity contribution is -0.892. The van der Waals surface area contributed by atoms with Crippen molar-refractivity contribution >= 4 is 40.7 Å². The Balaban J connectivity index is -0.0000000214. The van der Waals surface area contributed by atoms with Crippen molar-refractivity contribution in [3.05, 3.63) is 0 Å². The highest BCUT2D eigenvalue weighted by Crippen LogP contribution is 2.20. The van der Waals surface area contributed by atoms with E-state index < -0.39 is 0 Å². The van der Waals surface area contributed by atoms with Crippen molar-refractivity contribution in [2.45, 2.75) is 20.8 Å². The monoisotopic (exact) mass is 1020 g/mol. The van der Waals surface area contributed by atoms with Crippen molar-refractivity contribution in [3.63, 3.8) is 0 Å². The van der Waals surface area contributed by atoms with Crippen LogP contribution in [0.15, 0.2) is 15.0 Å². The predicted molar refractivity (Wildman–Crippen MR) is 326 cm³/mol. The summed E-state index contributed by atoms with van der Waals surface area (Å²) in [7, 11) is 0. The Bertz CT molecular complexity index is 2950. The Morgan fingerprint density at radius 2 is 0.851 bits per heavy atom. The minimum atomic E-state index is 0. The molecule has 3 N–H and O–H groups in total. The maximum Gasteiger partial charge on any atom is 0.277 e. The number of nitrogens with zero attached hydrogens (tertiary/aromatic N) is 6. The van der Waals surface area contributed by atoms with Gasteiger partial charge in [0.2, 0.25) is 0 Å². The number of aliphatic hydroxyl groups is 3. The van der Waals surface area contributed by atoms with Gasteiger partial charge in [0.25, 0.3) is 5.84 Å². The highest BCUT2D eigenvalue weighted by molar-refractivity contribution is 6.25. The standard InChI is InChI=1S/C30H28N4O2.C22H12N2O.C2H4Cl2.2ClH.30H2/c1-3-4-5-6-7-8-9-10-11-12-13-14-15-16-17-18-30-32-20-22-34(30,26-28-36)24-23-33(25-27-35)21-19-31-29(33)2;1-2-3-4-5-6-7-8-9-10-11-12-13-14-15-16-17-22-23-18-19-24(22)20-21-25;3-1-2-4;;;;;;;;;;;;;;;;;;;;;;;;;;;;;;;;/h35-36H,19-28H2,1-2H3;25H,18-21H2,1H3;1-2H2;32*1H/q+2;;;;;;;;;;;;;;;;;;;;;;;;;;;;;;;;;;/p-2. The lowest BCUT2D eigenvalue weighted by Crippen LogP contribution is -3.00. The molecule has 396 valence electrons. The Morgan fingerprint density at radius 3 is 1.24 bits per heavy atom. The van der Waals surface area contributed by atoms with Crippen LogP contribution in [-0.4, -0.2) is 150 Å². The topological polar surface area (TPSA) is 101 Å². The van der Waals surface area contributed by atoms with Gasteiger partial charge in [-0.15, -0.1) is 23.2 Å². The zero-order chi connectivity index (χ0) is 47.4. The number of hydrogen-bond acceptors (Lipinski definition) is 7. The van der Waals surface area contributed by atoms with Crippen molar-refractivity contribution in [2.24, 2.45) is 15.0 Å². The zero-order valence-electron chi connectivity index (χ0n) is 37.4. The van der Waals surface area contributed by atoms with E-state index in [9.17, 15) is 10.2 Å². The van der Waals surface area contributed by atoms with Gasteiger partial charge in [-0.05, 0) is 186 Å². The summed E-state index contributed by atoms with van der Waals surface area (Å²) in [6.07, 6.45) is 0. The first-order valence-electron chi connectivity index (χ1n) is 19.8. The van der Waals surface area contributed by atoms with Gasteiger partial charge in [-0.1, -0.05) is 11.8 Å². The van der Waals surface area contributed by atoms with E-state index in [2.05, 4.69) is 204 Å². The molecule has 0 aromatic heterocycles. The van der Waals surface area contributed by atoms with Gasteiger partial charge in [-0.25, -0.2) is 9.98 Å². The number of quaternary nitrogens is 2. The van der Waals surface area contributed by atoms with Crippen molar-refractivity contribution in [2.75, 3.05) is 104 Å². The van der Waals surface area contributed by atoms with Gasteiger partial charge in [0, 0.05) is 80.5 Å². The van der Waals surface area contributed by atoms with E-state index in [1.165, 1.54) is 0 Å². The van der Waals surface area contributed by atoms with E-state index in [0.717, 1.165) is 50.9 Å². The van der Waals surface area contributed by atoms with Crippen molar-refractivity contribution in [3.8, 4) is 189 Å². The largest absolute Gasteiger partial charge is 1.00 e. The molecular weight excluding hydrogens is 922 g/mol. The van der Waals surface area contributed by atoms with E-state index in [0.29, 0.717) is 59.3 Å². The summed E-state index contributed by atoms with van der Waals surface area (Å²) in [6, 6.07) is 0. The van der Waals surface area contributed by atoms with E-state index in [-0.39, 0.29) is 87.4 Å². The molecule has 0 aromatic rings. The molecule has 0 amide bonds. The number of amidine groups is 3. The summed E-state index contributed by atoms with van der Waals surface area (Å²) in [6.45, 7) is 13.5. The molecule has 2 unspecified atom stereocenters. The van der Waals surface area contributed by atoms with E-state index in [4.69, 9.17) is 28.3 Å². The van der Waals surface area contributed by atoms with Crippen LogP contribution in [0.5, 0.6) is 0 Å². The molecule has 0 fully saturated rings. The third-order valence-electron chi connectivity index (χ3n) is 8.40. The SMILES string of the molecule is CC#CC#CC#CC#CC#CC#CC#CC#CC1=NCCN1CCO.CC#CC#CC#CC#CC#CC#CC#CC#CC1=NCC[N+]1(CCO)CC[N+]1(CCO)CCN=C1C.ClCCCl.[Cl-].[Cl-].[HH].[HH].[HH].[HH].[HH].[HH].[HH].[HH].[HH].[HH].[HH].[HH].[HH].[HH].[HH].[HH].[HH].[HH].[HH].[HH].[HH].[HH].[HH].[HH].[HH].[HH].[HH].[HH].[HH].[HH]. The second-order valence-corrected chi connectivity index (χ2v) is 13.0. The van der Waals surface area contributed by atoms with Crippen LogP contribution in [0, 0.1) is 189 Å². The molecule has 2 atom stereocenters. The van der Waals surface area contributed by atoms with Gasteiger partial charge >= 0.3 is 0 Å². The lowest BCUT2D eigenvalue weighted by Gasteiger charge is -2.38. The van der Waals surface area contributed by atoms with Gasteiger partial charge in [-0.3, -0.25) is 14.0 Å². The number of halogens is 4.